The Morgan fingerprint density at radius 2 is 1.75 bits per heavy atom. The molecule has 0 aromatic rings. The van der Waals surface area contributed by atoms with Gasteiger partial charge in [-0.3, -0.25) is 20.8 Å². The minimum absolute atomic E-state index is 0.204. The molecule has 5 nitrogen and oxygen atoms in total. The molecule has 1 atom stereocenters. The number of hydroxylamine groups is 1. The molecule has 0 aliphatic rings. The van der Waals surface area contributed by atoms with Gasteiger partial charge in [-0.15, -0.1) is 0 Å². The van der Waals surface area contributed by atoms with E-state index in [4.69, 9.17) is 4.84 Å². The van der Waals surface area contributed by atoms with Gasteiger partial charge in [-0.05, 0) is 28.1 Å². The molecule has 0 aromatic heterocycles. The van der Waals surface area contributed by atoms with Crippen molar-refractivity contribution < 1.29 is 4.84 Å². The van der Waals surface area contributed by atoms with Gasteiger partial charge in [0.2, 0.25) is 0 Å². The summed E-state index contributed by atoms with van der Waals surface area (Å²) in [5.41, 5.74) is 2.07. The zero-order valence-corrected chi connectivity index (χ0v) is 8.19. The van der Waals surface area contributed by atoms with E-state index in [9.17, 15) is 0 Å². The van der Waals surface area contributed by atoms with Crippen LogP contribution in [0.2, 0.25) is 0 Å². The van der Waals surface area contributed by atoms with Gasteiger partial charge in [0.1, 0.15) is 5.66 Å². The Morgan fingerprint density at radius 3 is 2.00 bits per heavy atom. The molecular formula is C7H19N4O. The van der Waals surface area contributed by atoms with E-state index in [1.165, 1.54) is 0 Å². The number of nitrogens with one attached hydrogen (secondary N) is 4. The summed E-state index contributed by atoms with van der Waals surface area (Å²) >= 11 is 0. The number of hydrogen-bond acceptors (Lipinski definition) is 5. The normalized spacial score (nSPS) is 14.8. The van der Waals surface area contributed by atoms with E-state index in [1.54, 1.807) is 0 Å². The van der Waals surface area contributed by atoms with E-state index in [1.807, 2.05) is 28.1 Å². The number of rotatable bonds is 6. The summed E-state index contributed by atoms with van der Waals surface area (Å²) < 4.78 is 0. The molecule has 1 radical (unpaired) electrons. The van der Waals surface area contributed by atoms with Crippen LogP contribution in [0.1, 0.15) is 6.92 Å². The highest BCUT2D eigenvalue weighted by Gasteiger charge is 2.30. The Kier molecular flexibility index (Phi) is 5.36. The molecule has 0 heterocycles. The Bertz CT molecular complexity index is 116. The van der Waals surface area contributed by atoms with Crippen molar-refractivity contribution in [3.63, 3.8) is 0 Å². The highest BCUT2D eigenvalue weighted by Crippen LogP contribution is 2.04. The van der Waals surface area contributed by atoms with Crippen molar-refractivity contribution in [3.8, 4) is 0 Å². The average Bonchev–Trinajstić information content (AvgIpc) is 2.13. The van der Waals surface area contributed by atoms with Crippen LogP contribution in [0.4, 0.5) is 0 Å². The molecule has 0 fully saturated rings. The lowest BCUT2D eigenvalue weighted by molar-refractivity contribution is -0.0746. The van der Waals surface area contributed by atoms with Crippen molar-refractivity contribution in [1.29, 1.82) is 0 Å². The number of likely N-dealkylation sites (N-methyl/N-ethyl adjacent to an activating group) is 3. The molecule has 4 N–H and O–H groups in total. The van der Waals surface area contributed by atoms with Crippen LogP contribution in [-0.2, 0) is 4.84 Å². The lowest BCUT2D eigenvalue weighted by Gasteiger charge is -2.35. The lowest BCUT2D eigenvalue weighted by atomic mass is 10.1. The van der Waals surface area contributed by atoms with Gasteiger partial charge in [0.15, 0.2) is 6.23 Å². The van der Waals surface area contributed by atoms with Gasteiger partial charge < -0.3 is 0 Å². The molecule has 0 rings (SSSR count). The topological polar surface area (TPSA) is 57.4 Å². The summed E-state index contributed by atoms with van der Waals surface area (Å²) in [5, 5.41) is 9.19. The highest BCUT2D eigenvalue weighted by molar-refractivity contribution is 4.84. The predicted octanol–water partition coefficient (Wildman–Crippen LogP) is -1.00. The monoisotopic (exact) mass is 175 g/mol. The molecule has 5 heteroatoms. The maximum atomic E-state index is 5.14. The van der Waals surface area contributed by atoms with E-state index < -0.39 is 0 Å². The summed E-state index contributed by atoms with van der Waals surface area (Å²) in [6, 6.07) is 0. The van der Waals surface area contributed by atoms with Crippen molar-refractivity contribution in [2.24, 2.45) is 0 Å². The van der Waals surface area contributed by atoms with E-state index in [-0.39, 0.29) is 11.9 Å². The van der Waals surface area contributed by atoms with Crippen molar-refractivity contribution in [2.75, 3.05) is 21.1 Å². The van der Waals surface area contributed by atoms with Gasteiger partial charge in [0, 0.05) is 7.05 Å². The lowest BCUT2D eigenvalue weighted by Crippen LogP contribution is -2.65. The van der Waals surface area contributed by atoms with Crippen LogP contribution in [0.25, 0.3) is 0 Å². The average molecular weight is 175 g/mol. The zero-order chi connectivity index (χ0) is 9.61. The van der Waals surface area contributed by atoms with E-state index >= 15 is 0 Å². The zero-order valence-electron chi connectivity index (χ0n) is 8.19. The molecule has 73 valence electrons. The Hall–Kier alpha value is -0.200. The first-order chi connectivity index (χ1) is 5.64. The van der Waals surface area contributed by atoms with Gasteiger partial charge in [-0.2, -0.15) is 5.48 Å². The molecule has 0 bridgehead atoms. The molecule has 0 aliphatic carbocycles. The van der Waals surface area contributed by atoms with Crippen LogP contribution in [0.5, 0.6) is 0 Å². The summed E-state index contributed by atoms with van der Waals surface area (Å²) in [7, 11) is 8.91. The van der Waals surface area contributed by atoms with Crippen LogP contribution in [0.3, 0.4) is 0 Å². The molecule has 0 amide bonds. The molecular weight excluding hydrogens is 156 g/mol. The first-order valence-corrected chi connectivity index (χ1v) is 3.87. The molecule has 0 saturated heterocycles. The Balaban J connectivity index is 4.21. The highest BCUT2D eigenvalue weighted by atomic mass is 16.7. The van der Waals surface area contributed by atoms with Gasteiger partial charge in [0.05, 0.1) is 0 Å². The van der Waals surface area contributed by atoms with Gasteiger partial charge >= 0.3 is 0 Å². The third-order valence-electron chi connectivity index (χ3n) is 2.03. The standard InChI is InChI=1S/C7H19N4O/c1-7(9-3,10-4)6(8-2)12-11-5/h6,8-11H,5H2,1-4H3. The van der Waals surface area contributed by atoms with Crippen LogP contribution in [0, 0.1) is 7.05 Å². The quantitative estimate of drug-likeness (QED) is 0.308. The van der Waals surface area contributed by atoms with Gasteiger partial charge in [-0.25, -0.2) is 0 Å². The molecule has 0 aliphatic heterocycles. The fourth-order valence-electron chi connectivity index (χ4n) is 0.936. The number of hydrogen-bond donors (Lipinski definition) is 4. The summed E-state index contributed by atoms with van der Waals surface area (Å²) in [5.74, 6) is 0. The summed E-state index contributed by atoms with van der Waals surface area (Å²) in [4.78, 5) is 5.14. The van der Waals surface area contributed by atoms with E-state index in [2.05, 4.69) is 28.5 Å². The summed E-state index contributed by atoms with van der Waals surface area (Å²) in [6.45, 7) is 1.98. The first-order valence-electron chi connectivity index (χ1n) is 3.87. The molecule has 1 unspecified atom stereocenters. The molecule has 12 heavy (non-hydrogen) atoms. The first kappa shape index (κ1) is 11.8. The second-order valence-electron chi connectivity index (χ2n) is 2.63. The minimum Gasteiger partial charge on any atom is -0.299 e. The van der Waals surface area contributed by atoms with Crippen LogP contribution in [-0.4, -0.2) is 33.0 Å². The van der Waals surface area contributed by atoms with Gasteiger partial charge in [-0.1, -0.05) is 0 Å². The third kappa shape index (κ3) is 2.69. The van der Waals surface area contributed by atoms with Crippen LogP contribution < -0.4 is 21.4 Å². The maximum Gasteiger partial charge on any atom is 0.160 e. The van der Waals surface area contributed by atoms with Crippen molar-refractivity contribution >= 4 is 0 Å². The third-order valence-corrected chi connectivity index (χ3v) is 2.03. The Morgan fingerprint density at radius 1 is 1.25 bits per heavy atom. The van der Waals surface area contributed by atoms with Crippen molar-refractivity contribution in [3.05, 3.63) is 7.05 Å². The molecule has 0 saturated carbocycles. The predicted molar refractivity (Wildman–Crippen MR) is 48.9 cm³/mol. The van der Waals surface area contributed by atoms with E-state index in [0.717, 1.165) is 0 Å². The van der Waals surface area contributed by atoms with Crippen LogP contribution in [0.15, 0.2) is 0 Å². The maximum absolute atomic E-state index is 5.14. The second-order valence-corrected chi connectivity index (χ2v) is 2.63. The molecule has 0 aromatic carbocycles. The summed E-state index contributed by atoms with van der Waals surface area (Å²) in [6.07, 6.45) is -0.204. The van der Waals surface area contributed by atoms with Crippen LogP contribution >= 0.6 is 0 Å². The smallest absolute Gasteiger partial charge is 0.160 e. The minimum atomic E-state index is -0.334. The molecule has 0 spiro atoms. The largest absolute Gasteiger partial charge is 0.299 e. The second kappa shape index (κ2) is 5.45. The fraction of sp³-hybridized carbons (Fsp3) is 0.857. The van der Waals surface area contributed by atoms with Crippen molar-refractivity contribution in [1.82, 2.24) is 21.4 Å². The van der Waals surface area contributed by atoms with Crippen molar-refractivity contribution in [2.45, 2.75) is 18.8 Å². The van der Waals surface area contributed by atoms with Gasteiger partial charge in [0.25, 0.3) is 0 Å². The SMILES string of the molecule is [CH2]NOC(NC)C(C)(NC)NC. The van der Waals surface area contributed by atoms with E-state index in [0.29, 0.717) is 0 Å². The Labute approximate surface area is 74.2 Å². The fourth-order valence-corrected chi connectivity index (χ4v) is 0.936.